The van der Waals surface area contributed by atoms with Crippen molar-refractivity contribution in [1.29, 1.82) is 0 Å². The van der Waals surface area contributed by atoms with Crippen LogP contribution in [0.15, 0.2) is 48.5 Å². The van der Waals surface area contributed by atoms with Crippen LogP contribution in [-0.2, 0) is 24.2 Å². The number of aliphatic hydroxyl groups excluding tert-OH is 1. The van der Waals surface area contributed by atoms with Crippen molar-refractivity contribution in [3.05, 3.63) is 70.8 Å². The zero-order valence-electron chi connectivity index (χ0n) is 16.2. The first-order valence-electron chi connectivity index (χ1n) is 9.76. The van der Waals surface area contributed by atoms with Gasteiger partial charge < -0.3 is 10.4 Å². The maximum Gasteiger partial charge on any atom is 0.416 e. The number of piperidine rings is 1. The molecule has 164 valence electrons. The Hall–Kier alpha value is -2.06. The molecule has 0 amide bonds. The molecule has 2 nitrogen and oxygen atoms in total. The van der Waals surface area contributed by atoms with Crippen LogP contribution < -0.4 is 5.32 Å². The fraction of sp³-hybridized carbons (Fsp3) is 0.455. The molecule has 30 heavy (non-hydrogen) atoms. The van der Waals surface area contributed by atoms with Crippen molar-refractivity contribution in [3.8, 4) is 0 Å². The number of nitrogens with one attached hydrogen (secondary N) is 1. The molecule has 1 aliphatic rings. The number of rotatable bonds is 5. The number of hydrogen-bond acceptors (Lipinski definition) is 2. The van der Waals surface area contributed by atoms with Crippen molar-refractivity contribution in [2.75, 3.05) is 13.1 Å². The summed E-state index contributed by atoms with van der Waals surface area (Å²) in [6.45, 7) is 1.33. The third kappa shape index (κ3) is 4.81. The summed E-state index contributed by atoms with van der Waals surface area (Å²) in [5.41, 5.74) is -2.56. The Morgan fingerprint density at radius 3 is 2.10 bits per heavy atom. The summed E-state index contributed by atoms with van der Waals surface area (Å²) in [4.78, 5) is 0. The third-order valence-corrected chi connectivity index (χ3v) is 5.91. The Bertz CT molecular complexity index is 841. The predicted molar refractivity (Wildman–Crippen MR) is 101 cm³/mol. The quantitative estimate of drug-likeness (QED) is 0.627. The second kappa shape index (κ2) is 8.59. The lowest BCUT2D eigenvalue weighted by Gasteiger charge is -2.42. The van der Waals surface area contributed by atoms with Gasteiger partial charge in [0.2, 0.25) is 0 Å². The lowest BCUT2D eigenvalue weighted by Crippen LogP contribution is -2.48. The fourth-order valence-corrected chi connectivity index (χ4v) is 4.26. The Morgan fingerprint density at radius 2 is 1.53 bits per heavy atom. The van der Waals surface area contributed by atoms with Gasteiger partial charge in [0.25, 0.3) is 0 Å². The lowest BCUT2D eigenvalue weighted by atomic mass is 9.68. The molecule has 0 bridgehead atoms. The summed E-state index contributed by atoms with van der Waals surface area (Å²) in [5.74, 6) is 0. The first-order chi connectivity index (χ1) is 14.0. The van der Waals surface area contributed by atoms with E-state index in [-0.39, 0.29) is 24.5 Å². The van der Waals surface area contributed by atoms with Gasteiger partial charge in [-0.1, -0.05) is 36.4 Å². The minimum Gasteiger partial charge on any atom is -0.392 e. The third-order valence-electron chi connectivity index (χ3n) is 5.91. The van der Waals surface area contributed by atoms with Crippen molar-refractivity contribution in [2.24, 2.45) is 0 Å². The maximum absolute atomic E-state index is 13.4. The Kier molecular flexibility index (Phi) is 6.48. The van der Waals surface area contributed by atoms with E-state index in [1.54, 1.807) is 0 Å². The number of benzene rings is 2. The van der Waals surface area contributed by atoms with Gasteiger partial charge in [-0.2, -0.15) is 26.3 Å². The zero-order valence-corrected chi connectivity index (χ0v) is 16.2. The van der Waals surface area contributed by atoms with Crippen LogP contribution >= 0.6 is 0 Å². The van der Waals surface area contributed by atoms with Crippen molar-refractivity contribution < 1.29 is 31.4 Å². The highest BCUT2D eigenvalue weighted by atomic mass is 19.4. The van der Waals surface area contributed by atoms with Crippen molar-refractivity contribution in [1.82, 2.24) is 5.32 Å². The van der Waals surface area contributed by atoms with Gasteiger partial charge in [0.05, 0.1) is 17.2 Å². The summed E-state index contributed by atoms with van der Waals surface area (Å²) >= 11 is 0. The highest BCUT2D eigenvalue weighted by Crippen LogP contribution is 2.41. The minimum atomic E-state index is -4.91. The van der Waals surface area contributed by atoms with Crippen molar-refractivity contribution in [2.45, 2.75) is 49.6 Å². The number of halogens is 6. The molecule has 1 saturated heterocycles. The molecule has 2 aromatic rings. The molecule has 1 heterocycles. The van der Waals surface area contributed by atoms with Crippen LogP contribution in [0.2, 0.25) is 0 Å². The molecule has 1 unspecified atom stereocenters. The standard InChI is InChI=1S/C22H23F6NO/c23-21(24,25)17-8-6-15(18(14-17)22(26,27)28)7-9-19(30)20(10-12-29-13-11-20)16-4-2-1-3-5-16/h1-6,8,14,19,29-30H,7,9-13H2. The van der Waals surface area contributed by atoms with E-state index < -0.39 is 35.0 Å². The lowest BCUT2D eigenvalue weighted by molar-refractivity contribution is -0.143. The van der Waals surface area contributed by atoms with Crippen LogP contribution in [0.3, 0.4) is 0 Å². The van der Waals surface area contributed by atoms with E-state index in [0.717, 1.165) is 11.6 Å². The second-order valence-electron chi connectivity index (χ2n) is 7.69. The first-order valence-corrected chi connectivity index (χ1v) is 9.76. The van der Waals surface area contributed by atoms with Gasteiger partial charge in [-0.3, -0.25) is 0 Å². The fourth-order valence-electron chi connectivity index (χ4n) is 4.26. The summed E-state index contributed by atoms with van der Waals surface area (Å²) in [6.07, 6.45) is -9.60. The van der Waals surface area contributed by atoms with Gasteiger partial charge in [-0.05, 0) is 62.0 Å². The van der Waals surface area contributed by atoms with Gasteiger partial charge in [0.1, 0.15) is 0 Å². The molecular weight excluding hydrogens is 408 g/mol. The SMILES string of the molecule is OC(CCc1ccc(C(F)(F)F)cc1C(F)(F)F)C1(c2ccccc2)CCNCC1. The van der Waals surface area contributed by atoms with E-state index in [2.05, 4.69) is 5.32 Å². The zero-order chi connectivity index (χ0) is 22.0. The van der Waals surface area contributed by atoms with Gasteiger partial charge in [0, 0.05) is 5.41 Å². The van der Waals surface area contributed by atoms with E-state index in [0.29, 0.717) is 32.0 Å². The van der Waals surface area contributed by atoms with Gasteiger partial charge in [0.15, 0.2) is 0 Å². The molecule has 1 atom stereocenters. The molecule has 2 N–H and O–H groups in total. The molecule has 2 aromatic carbocycles. The van der Waals surface area contributed by atoms with Crippen molar-refractivity contribution >= 4 is 0 Å². The van der Waals surface area contributed by atoms with Crippen LogP contribution in [0, 0.1) is 0 Å². The molecule has 0 saturated carbocycles. The van der Waals surface area contributed by atoms with E-state index in [9.17, 15) is 31.4 Å². The normalized spacial score (nSPS) is 18.2. The molecule has 1 aliphatic heterocycles. The average molecular weight is 431 g/mol. The number of hydrogen-bond donors (Lipinski definition) is 2. The number of alkyl halides is 6. The topological polar surface area (TPSA) is 32.3 Å². The number of aliphatic hydroxyl groups is 1. The highest BCUT2D eigenvalue weighted by molar-refractivity contribution is 5.36. The first kappa shape index (κ1) is 22.6. The van der Waals surface area contributed by atoms with Gasteiger partial charge >= 0.3 is 12.4 Å². The van der Waals surface area contributed by atoms with E-state index in [1.807, 2.05) is 30.3 Å². The molecule has 0 aromatic heterocycles. The highest BCUT2D eigenvalue weighted by Gasteiger charge is 2.41. The molecule has 0 aliphatic carbocycles. The molecular formula is C22H23F6NO. The molecule has 1 fully saturated rings. The van der Waals surface area contributed by atoms with E-state index >= 15 is 0 Å². The smallest absolute Gasteiger partial charge is 0.392 e. The van der Waals surface area contributed by atoms with E-state index in [4.69, 9.17) is 0 Å². The van der Waals surface area contributed by atoms with Gasteiger partial charge in [-0.15, -0.1) is 0 Å². The Labute approximate surface area is 170 Å². The Balaban J connectivity index is 1.86. The van der Waals surface area contributed by atoms with Gasteiger partial charge in [-0.25, -0.2) is 0 Å². The molecule has 0 radical (unpaired) electrons. The van der Waals surface area contributed by atoms with Crippen molar-refractivity contribution in [3.63, 3.8) is 0 Å². The maximum atomic E-state index is 13.4. The molecule has 8 heteroatoms. The minimum absolute atomic E-state index is 0.0172. The predicted octanol–water partition coefficient (Wildman–Crippen LogP) is 5.34. The summed E-state index contributed by atoms with van der Waals surface area (Å²) in [5, 5.41) is 14.2. The monoisotopic (exact) mass is 431 g/mol. The van der Waals surface area contributed by atoms with Crippen LogP contribution in [0.1, 0.15) is 41.5 Å². The van der Waals surface area contributed by atoms with Crippen LogP contribution in [0.4, 0.5) is 26.3 Å². The Morgan fingerprint density at radius 1 is 0.900 bits per heavy atom. The van der Waals surface area contributed by atoms with Crippen LogP contribution in [0.5, 0.6) is 0 Å². The summed E-state index contributed by atoms with van der Waals surface area (Å²) in [6, 6.07) is 11.0. The second-order valence-corrected chi connectivity index (χ2v) is 7.69. The largest absolute Gasteiger partial charge is 0.416 e. The number of aryl methyl sites for hydroxylation is 1. The summed E-state index contributed by atoms with van der Waals surface area (Å²) < 4.78 is 78.8. The molecule has 0 spiro atoms. The summed E-state index contributed by atoms with van der Waals surface area (Å²) in [7, 11) is 0. The molecule has 3 rings (SSSR count). The average Bonchev–Trinajstić information content (AvgIpc) is 2.71. The van der Waals surface area contributed by atoms with Crippen LogP contribution in [0.25, 0.3) is 0 Å². The van der Waals surface area contributed by atoms with Crippen LogP contribution in [-0.4, -0.2) is 24.3 Å². The van der Waals surface area contributed by atoms with E-state index in [1.165, 1.54) is 0 Å².